The largest absolute Gasteiger partial charge is 0.462 e. The second-order valence-corrected chi connectivity index (χ2v) is 21.6. The van der Waals surface area contributed by atoms with Gasteiger partial charge in [0, 0.05) is 19.3 Å². The average Bonchev–Trinajstić information content (AvgIpc) is 3.48. The molecule has 0 rings (SSSR count). The van der Waals surface area contributed by atoms with Crippen molar-refractivity contribution in [2.24, 2.45) is 0 Å². The number of allylic oxidation sites excluding steroid dienone is 26. The minimum Gasteiger partial charge on any atom is -0.462 e. The Labute approximate surface area is 505 Å². The molecule has 1 unspecified atom stereocenters. The van der Waals surface area contributed by atoms with Gasteiger partial charge >= 0.3 is 17.9 Å². The molecule has 0 aliphatic carbocycles. The quantitative estimate of drug-likeness (QED) is 0.0261. The third kappa shape index (κ3) is 65.8. The molecule has 0 aliphatic rings. The molecule has 0 radical (unpaired) electrons. The van der Waals surface area contributed by atoms with Gasteiger partial charge in [-0.05, 0) is 141 Å². The van der Waals surface area contributed by atoms with Gasteiger partial charge in [-0.2, -0.15) is 0 Å². The number of unbranched alkanes of at least 4 members (excludes halogenated alkanes) is 22. The zero-order chi connectivity index (χ0) is 59.2. The van der Waals surface area contributed by atoms with Crippen LogP contribution in [0.4, 0.5) is 0 Å². The molecule has 82 heavy (non-hydrogen) atoms. The van der Waals surface area contributed by atoms with E-state index in [1.54, 1.807) is 0 Å². The molecule has 0 aromatic heterocycles. The molecule has 0 N–H and O–H groups in total. The zero-order valence-electron chi connectivity index (χ0n) is 52.9. The van der Waals surface area contributed by atoms with Crippen molar-refractivity contribution in [3.8, 4) is 0 Å². The van der Waals surface area contributed by atoms with Crippen LogP contribution in [0.25, 0.3) is 0 Å². The van der Waals surface area contributed by atoms with Crippen molar-refractivity contribution in [3.63, 3.8) is 0 Å². The molecule has 0 aliphatic heterocycles. The van der Waals surface area contributed by atoms with Crippen LogP contribution in [-0.4, -0.2) is 37.2 Å². The number of esters is 3. The van der Waals surface area contributed by atoms with Gasteiger partial charge in [-0.15, -0.1) is 0 Å². The zero-order valence-corrected chi connectivity index (χ0v) is 52.9. The molecule has 462 valence electrons. The van der Waals surface area contributed by atoms with Crippen LogP contribution in [0.5, 0.6) is 0 Å². The smallest absolute Gasteiger partial charge is 0.306 e. The maximum atomic E-state index is 12.9. The molecule has 0 fully saturated rings. The van der Waals surface area contributed by atoms with E-state index in [0.717, 1.165) is 141 Å². The molecule has 1 atom stereocenters. The van der Waals surface area contributed by atoms with Gasteiger partial charge in [-0.1, -0.05) is 281 Å². The van der Waals surface area contributed by atoms with E-state index in [2.05, 4.69) is 179 Å². The Bertz CT molecular complexity index is 1830. The van der Waals surface area contributed by atoms with Crippen molar-refractivity contribution >= 4 is 17.9 Å². The molecule has 0 bridgehead atoms. The molecule has 6 heteroatoms. The van der Waals surface area contributed by atoms with E-state index in [1.165, 1.54) is 96.3 Å². The lowest BCUT2D eigenvalue weighted by molar-refractivity contribution is -0.167. The van der Waals surface area contributed by atoms with Crippen molar-refractivity contribution in [3.05, 3.63) is 158 Å². The van der Waals surface area contributed by atoms with E-state index in [1.807, 2.05) is 0 Å². The van der Waals surface area contributed by atoms with Crippen molar-refractivity contribution in [2.75, 3.05) is 13.2 Å². The molecule has 0 spiro atoms. The Balaban J connectivity index is 4.40. The second kappa shape index (κ2) is 68.5. The lowest BCUT2D eigenvalue weighted by Gasteiger charge is -2.18. The number of carbonyl (C=O) groups is 3. The second-order valence-electron chi connectivity index (χ2n) is 21.6. The standard InChI is InChI=1S/C76H122O6/c1-4-7-10-13-16-19-22-25-28-31-32-33-34-35-36-37-38-39-40-41-42-43-44-46-48-51-54-57-60-63-66-69-75(78)81-72-73(71-80-74(77)68-65-62-59-56-53-50-47-30-27-24-21-18-15-12-9-6-3)82-76(79)70-67-64-61-58-55-52-49-45-29-26-23-20-17-14-11-8-5-2/h7-8,10-11,16-17,19-20,25-26,28-30,32-33,35-36,38-39,41-42,47,49,52,58,61,73H,4-6,9,12-15,18,21-24,27,31,34,37,40,43-46,48,50-51,53-57,59-60,62-72H2,1-3H3/b10-7-,11-8-,19-16-,20-17-,28-25-,29-26-,33-32-,36-35-,39-38-,42-41-,47-30-,52-49-,61-58-. The van der Waals surface area contributed by atoms with Crippen LogP contribution in [0, 0.1) is 0 Å². The van der Waals surface area contributed by atoms with Gasteiger partial charge < -0.3 is 14.2 Å². The van der Waals surface area contributed by atoms with Gasteiger partial charge in [0.15, 0.2) is 6.10 Å². The minimum atomic E-state index is -0.822. The van der Waals surface area contributed by atoms with Crippen LogP contribution >= 0.6 is 0 Å². The van der Waals surface area contributed by atoms with E-state index in [4.69, 9.17) is 14.2 Å². The van der Waals surface area contributed by atoms with Crippen molar-refractivity contribution in [1.29, 1.82) is 0 Å². The van der Waals surface area contributed by atoms with Gasteiger partial charge in [0.2, 0.25) is 0 Å². The van der Waals surface area contributed by atoms with Crippen molar-refractivity contribution < 1.29 is 28.6 Å². The van der Waals surface area contributed by atoms with Gasteiger partial charge in [0.05, 0.1) is 0 Å². The summed E-state index contributed by atoms with van der Waals surface area (Å²) in [6.45, 7) is 6.36. The molecule has 0 saturated carbocycles. The lowest BCUT2D eigenvalue weighted by Crippen LogP contribution is -2.30. The Hall–Kier alpha value is -4.97. The summed E-state index contributed by atoms with van der Waals surface area (Å²) in [4.78, 5) is 38.3. The first-order valence-corrected chi connectivity index (χ1v) is 33.5. The van der Waals surface area contributed by atoms with Gasteiger partial charge in [0.1, 0.15) is 13.2 Å². The first-order chi connectivity index (χ1) is 40.5. The number of carbonyl (C=O) groups excluding carboxylic acids is 3. The SMILES string of the molecule is CC/C=C\C/C=C\C/C=C\C/C=C\C/C=C\C/C=C\C/C=C\CCCCCCCCCCCC(=O)OCC(COC(=O)CCCCCCC/C=C\CCCCCCCCC)OC(=O)CCC/C=C\C/C=C\C/C=C\C/C=C\C/C=C\CC. The average molecular weight is 1130 g/mol. The fraction of sp³-hybridized carbons (Fsp3) is 0.618. The Morgan fingerprint density at radius 1 is 0.256 bits per heavy atom. The normalized spacial score (nSPS) is 13.2. The maximum Gasteiger partial charge on any atom is 0.306 e. The highest BCUT2D eigenvalue weighted by Gasteiger charge is 2.19. The summed E-state index contributed by atoms with van der Waals surface area (Å²) in [6, 6.07) is 0. The third-order valence-corrected chi connectivity index (χ3v) is 13.7. The van der Waals surface area contributed by atoms with Crippen LogP contribution < -0.4 is 0 Å². The third-order valence-electron chi connectivity index (χ3n) is 13.7. The van der Waals surface area contributed by atoms with Crippen LogP contribution in [-0.2, 0) is 28.6 Å². The predicted octanol–water partition coefficient (Wildman–Crippen LogP) is 23.3. The summed E-state index contributed by atoms with van der Waals surface area (Å²) in [5.74, 6) is -0.984. The molecule has 0 heterocycles. The van der Waals surface area contributed by atoms with Crippen LogP contribution in [0.2, 0.25) is 0 Å². The number of hydrogen-bond donors (Lipinski definition) is 0. The summed E-state index contributed by atoms with van der Waals surface area (Å²) in [7, 11) is 0. The van der Waals surface area contributed by atoms with E-state index in [-0.39, 0.29) is 37.5 Å². The van der Waals surface area contributed by atoms with Crippen LogP contribution in [0.15, 0.2) is 158 Å². The summed E-state index contributed by atoms with van der Waals surface area (Å²) in [6.07, 6.45) is 99.7. The van der Waals surface area contributed by atoms with E-state index in [9.17, 15) is 14.4 Å². The van der Waals surface area contributed by atoms with E-state index in [0.29, 0.717) is 19.3 Å². The van der Waals surface area contributed by atoms with Crippen molar-refractivity contribution in [2.45, 2.75) is 290 Å². The summed E-state index contributed by atoms with van der Waals surface area (Å²) in [5.41, 5.74) is 0. The molecule has 0 aromatic carbocycles. The molecule has 0 amide bonds. The highest BCUT2D eigenvalue weighted by Crippen LogP contribution is 2.15. The summed E-state index contributed by atoms with van der Waals surface area (Å²) >= 11 is 0. The summed E-state index contributed by atoms with van der Waals surface area (Å²) < 4.78 is 16.9. The lowest BCUT2D eigenvalue weighted by atomic mass is 10.1. The van der Waals surface area contributed by atoms with E-state index < -0.39 is 6.10 Å². The first-order valence-electron chi connectivity index (χ1n) is 33.5. The molecule has 0 saturated heterocycles. The van der Waals surface area contributed by atoms with Crippen LogP contribution in [0.3, 0.4) is 0 Å². The highest BCUT2D eigenvalue weighted by molar-refractivity contribution is 5.71. The fourth-order valence-electron chi connectivity index (χ4n) is 8.81. The van der Waals surface area contributed by atoms with Crippen molar-refractivity contribution in [1.82, 2.24) is 0 Å². The monoisotopic (exact) mass is 1130 g/mol. The highest BCUT2D eigenvalue weighted by atomic mass is 16.6. The van der Waals surface area contributed by atoms with Gasteiger partial charge in [0.25, 0.3) is 0 Å². The Morgan fingerprint density at radius 2 is 0.488 bits per heavy atom. The maximum absolute atomic E-state index is 12.9. The van der Waals surface area contributed by atoms with Gasteiger partial charge in [-0.25, -0.2) is 0 Å². The van der Waals surface area contributed by atoms with Crippen LogP contribution in [0.1, 0.15) is 284 Å². The molecule has 0 aromatic rings. The summed E-state index contributed by atoms with van der Waals surface area (Å²) in [5, 5.41) is 0. The van der Waals surface area contributed by atoms with E-state index >= 15 is 0 Å². The fourth-order valence-corrected chi connectivity index (χ4v) is 8.81. The number of rotatable bonds is 59. The topological polar surface area (TPSA) is 78.9 Å². The molecular formula is C76H122O6. The van der Waals surface area contributed by atoms with Gasteiger partial charge in [-0.3, -0.25) is 14.4 Å². The predicted molar refractivity (Wildman–Crippen MR) is 357 cm³/mol. The number of ether oxygens (including phenoxy) is 3. The minimum absolute atomic E-state index is 0.112. The molecule has 6 nitrogen and oxygen atoms in total. The Morgan fingerprint density at radius 3 is 0.793 bits per heavy atom. The molecular weight excluding hydrogens is 1010 g/mol. The first kappa shape index (κ1) is 77.0. The number of hydrogen-bond acceptors (Lipinski definition) is 6. The Kier molecular flexibility index (Phi) is 64.4.